The van der Waals surface area contributed by atoms with Gasteiger partial charge in [0.1, 0.15) is 4.88 Å². The van der Waals surface area contributed by atoms with Crippen molar-refractivity contribution in [3.05, 3.63) is 34.2 Å². The quantitative estimate of drug-likeness (QED) is 0.642. The van der Waals surface area contributed by atoms with E-state index in [0.717, 1.165) is 21.9 Å². The van der Waals surface area contributed by atoms with Gasteiger partial charge in [-0.25, -0.2) is 5.43 Å². The number of hydrogen-bond acceptors (Lipinski definition) is 3. The molecule has 1 N–H and O–H groups in total. The Bertz CT molecular complexity index is 754. The average molecular weight is 333 g/mol. The molecular weight excluding hydrogens is 316 g/mol. The Hall–Kier alpha value is -1.39. The average Bonchev–Trinajstić information content (AvgIpc) is 3.22. The van der Waals surface area contributed by atoms with Crippen LogP contribution in [0, 0.1) is 17.8 Å². The first-order chi connectivity index (χ1) is 10.7. The molecule has 0 aliphatic heterocycles. The van der Waals surface area contributed by atoms with Gasteiger partial charge in [-0.05, 0) is 43.1 Å². The highest BCUT2D eigenvalue weighted by atomic mass is 35.5. The zero-order chi connectivity index (χ0) is 15.1. The molecule has 2 saturated carbocycles. The predicted octanol–water partition coefficient (Wildman–Crippen LogP) is 4.71. The van der Waals surface area contributed by atoms with Crippen LogP contribution >= 0.6 is 22.9 Å². The van der Waals surface area contributed by atoms with E-state index in [1.165, 1.54) is 37.0 Å². The van der Waals surface area contributed by atoms with Crippen molar-refractivity contribution in [1.82, 2.24) is 5.43 Å². The van der Waals surface area contributed by atoms with Crippen LogP contribution in [-0.4, -0.2) is 12.1 Å². The van der Waals surface area contributed by atoms with Crippen LogP contribution in [0.1, 0.15) is 35.4 Å². The van der Waals surface area contributed by atoms with Crippen molar-refractivity contribution >= 4 is 45.1 Å². The van der Waals surface area contributed by atoms with E-state index in [-0.39, 0.29) is 5.91 Å². The third-order valence-corrected chi connectivity index (χ3v) is 6.64. The molecule has 2 aromatic rings. The number of thiophene rings is 1. The first-order valence-corrected chi connectivity index (χ1v) is 8.92. The van der Waals surface area contributed by atoms with E-state index in [1.54, 1.807) is 0 Å². The summed E-state index contributed by atoms with van der Waals surface area (Å²) in [5, 5.41) is 5.63. The smallest absolute Gasteiger partial charge is 0.266 e. The molecule has 1 amide bonds. The Morgan fingerprint density at radius 2 is 2.18 bits per heavy atom. The standard InChI is InChI=1S/C17H17ClN2OS/c18-15-13-3-1-2-4-14(13)22-16(15)17(21)20-19-9-12-8-10-5-6-11(12)7-10/h1-4,9-12H,5-8H2,(H,20,21)/b19-9-/t10-,11-,12+/m0/s1. The van der Waals surface area contributed by atoms with Gasteiger partial charge in [0.2, 0.25) is 0 Å². The molecule has 2 aliphatic rings. The maximum Gasteiger partial charge on any atom is 0.282 e. The van der Waals surface area contributed by atoms with Gasteiger partial charge in [-0.15, -0.1) is 11.3 Å². The van der Waals surface area contributed by atoms with Crippen LogP contribution in [0.4, 0.5) is 0 Å². The molecule has 1 aromatic heterocycles. The fraction of sp³-hybridized carbons (Fsp3) is 0.412. The van der Waals surface area contributed by atoms with Crippen LogP contribution in [0.15, 0.2) is 29.4 Å². The van der Waals surface area contributed by atoms with E-state index in [9.17, 15) is 4.79 Å². The van der Waals surface area contributed by atoms with E-state index in [2.05, 4.69) is 10.5 Å². The molecule has 4 rings (SSSR count). The third kappa shape index (κ3) is 2.44. The molecule has 22 heavy (non-hydrogen) atoms. The normalized spacial score (nSPS) is 27.0. The lowest BCUT2D eigenvalue weighted by atomic mass is 9.90. The van der Waals surface area contributed by atoms with Crippen molar-refractivity contribution in [3.8, 4) is 0 Å². The summed E-state index contributed by atoms with van der Waals surface area (Å²) in [4.78, 5) is 12.8. The van der Waals surface area contributed by atoms with Crippen molar-refractivity contribution in [2.45, 2.75) is 25.7 Å². The Labute approximate surface area is 138 Å². The summed E-state index contributed by atoms with van der Waals surface area (Å²) in [6, 6.07) is 7.78. The molecule has 0 unspecified atom stereocenters. The molecule has 1 aromatic carbocycles. The number of carbonyl (C=O) groups is 1. The van der Waals surface area contributed by atoms with Crippen molar-refractivity contribution in [2.24, 2.45) is 22.9 Å². The van der Waals surface area contributed by atoms with E-state index in [4.69, 9.17) is 11.6 Å². The Balaban J connectivity index is 1.46. The molecule has 2 fully saturated rings. The van der Waals surface area contributed by atoms with Gasteiger partial charge in [-0.1, -0.05) is 36.2 Å². The summed E-state index contributed by atoms with van der Waals surface area (Å²) in [6.45, 7) is 0. The minimum Gasteiger partial charge on any atom is -0.266 e. The van der Waals surface area contributed by atoms with Gasteiger partial charge in [0.05, 0.1) is 5.02 Å². The van der Waals surface area contributed by atoms with Crippen LogP contribution in [0.5, 0.6) is 0 Å². The van der Waals surface area contributed by atoms with Gasteiger partial charge in [-0.2, -0.15) is 5.10 Å². The Kier molecular flexibility index (Phi) is 3.66. The zero-order valence-electron chi connectivity index (χ0n) is 12.1. The van der Waals surface area contributed by atoms with Gasteiger partial charge in [0.15, 0.2) is 0 Å². The SMILES string of the molecule is O=C(N/N=C\[C@H]1C[C@H]2CC[C@H]1C2)c1sc2ccccc2c1Cl. The lowest BCUT2D eigenvalue weighted by molar-refractivity contribution is 0.0959. The van der Waals surface area contributed by atoms with Crippen molar-refractivity contribution in [1.29, 1.82) is 0 Å². The highest BCUT2D eigenvalue weighted by molar-refractivity contribution is 7.21. The summed E-state index contributed by atoms with van der Waals surface area (Å²) in [5.41, 5.74) is 2.64. The summed E-state index contributed by atoms with van der Waals surface area (Å²) in [5.74, 6) is 1.98. The van der Waals surface area contributed by atoms with Crippen molar-refractivity contribution < 1.29 is 4.79 Å². The summed E-state index contributed by atoms with van der Waals surface area (Å²) in [6.07, 6.45) is 7.19. The fourth-order valence-corrected chi connectivity index (χ4v) is 5.29. The van der Waals surface area contributed by atoms with Crippen molar-refractivity contribution in [3.63, 3.8) is 0 Å². The maximum absolute atomic E-state index is 12.3. The highest BCUT2D eigenvalue weighted by Crippen LogP contribution is 2.47. The molecule has 0 saturated heterocycles. The number of rotatable bonds is 3. The molecule has 114 valence electrons. The number of carbonyl (C=O) groups excluding carboxylic acids is 1. The van der Waals surface area contributed by atoms with Crippen LogP contribution in [0.2, 0.25) is 5.02 Å². The Morgan fingerprint density at radius 3 is 2.91 bits per heavy atom. The lowest BCUT2D eigenvalue weighted by Gasteiger charge is -2.16. The number of halogens is 1. The fourth-order valence-electron chi connectivity index (χ4n) is 3.88. The molecule has 5 heteroatoms. The van der Waals surface area contributed by atoms with Crippen LogP contribution in [0.3, 0.4) is 0 Å². The van der Waals surface area contributed by atoms with Gasteiger partial charge in [-0.3, -0.25) is 4.79 Å². The molecule has 3 atom stereocenters. The predicted molar refractivity (Wildman–Crippen MR) is 91.7 cm³/mol. The van der Waals surface area contributed by atoms with E-state index >= 15 is 0 Å². The van der Waals surface area contributed by atoms with Crippen LogP contribution in [0.25, 0.3) is 10.1 Å². The largest absolute Gasteiger partial charge is 0.282 e. The minimum atomic E-state index is -0.217. The molecule has 2 aliphatic carbocycles. The number of amides is 1. The lowest BCUT2D eigenvalue weighted by Crippen LogP contribution is -2.19. The number of nitrogens with zero attached hydrogens (tertiary/aromatic N) is 1. The van der Waals surface area contributed by atoms with E-state index < -0.39 is 0 Å². The van der Waals surface area contributed by atoms with Gasteiger partial charge < -0.3 is 0 Å². The first kappa shape index (κ1) is 14.2. The summed E-state index contributed by atoms with van der Waals surface area (Å²) < 4.78 is 1.02. The molecule has 0 spiro atoms. The molecule has 2 bridgehead atoms. The number of hydrogen-bond donors (Lipinski definition) is 1. The summed E-state index contributed by atoms with van der Waals surface area (Å²) >= 11 is 7.72. The molecule has 1 heterocycles. The molecular formula is C17H17ClN2OS. The van der Waals surface area contributed by atoms with Gasteiger partial charge >= 0.3 is 0 Å². The van der Waals surface area contributed by atoms with Crippen LogP contribution in [-0.2, 0) is 0 Å². The van der Waals surface area contributed by atoms with Crippen molar-refractivity contribution in [2.75, 3.05) is 0 Å². The highest BCUT2D eigenvalue weighted by Gasteiger charge is 2.38. The first-order valence-electron chi connectivity index (χ1n) is 7.73. The second kappa shape index (κ2) is 5.67. The van der Waals surface area contributed by atoms with E-state index in [1.807, 2.05) is 30.5 Å². The minimum absolute atomic E-state index is 0.217. The number of fused-ring (bicyclic) bond motifs is 3. The topological polar surface area (TPSA) is 41.5 Å². The molecule has 0 radical (unpaired) electrons. The maximum atomic E-state index is 12.3. The number of benzene rings is 1. The second-order valence-corrected chi connectivity index (χ2v) is 7.73. The van der Waals surface area contributed by atoms with Gasteiger partial charge in [0.25, 0.3) is 5.91 Å². The molecule has 3 nitrogen and oxygen atoms in total. The number of nitrogens with one attached hydrogen (secondary N) is 1. The van der Waals surface area contributed by atoms with E-state index in [0.29, 0.717) is 15.8 Å². The monoisotopic (exact) mass is 332 g/mol. The van der Waals surface area contributed by atoms with Crippen LogP contribution < -0.4 is 5.43 Å². The third-order valence-electron chi connectivity index (χ3n) is 4.97. The second-order valence-electron chi connectivity index (χ2n) is 6.30. The Morgan fingerprint density at radius 1 is 1.32 bits per heavy atom. The van der Waals surface area contributed by atoms with Gasteiger partial charge in [0, 0.05) is 16.3 Å². The summed E-state index contributed by atoms with van der Waals surface area (Å²) in [7, 11) is 0. The zero-order valence-corrected chi connectivity index (χ0v) is 13.7. The number of hydrazone groups is 1.